The number of benzene rings is 2. The number of hydrogen-bond acceptors (Lipinski definition) is 8. The summed E-state index contributed by atoms with van der Waals surface area (Å²) in [5.74, 6) is -0.0819. The van der Waals surface area contributed by atoms with Crippen LogP contribution in [-0.4, -0.2) is 69.4 Å². The van der Waals surface area contributed by atoms with E-state index < -0.39 is 5.97 Å². The van der Waals surface area contributed by atoms with Gasteiger partial charge in [-0.2, -0.15) is 0 Å². The number of rotatable bonds is 10. The molecule has 0 amide bonds. The Hall–Kier alpha value is -3.20. The molecule has 176 valence electrons. The van der Waals surface area contributed by atoms with Gasteiger partial charge in [-0.3, -0.25) is 9.69 Å². The molecule has 0 saturated carbocycles. The van der Waals surface area contributed by atoms with Crippen LogP contribution in [0.25, 0.3) is 6.08 Å². The standard InChI is InChI=1S/C25H29NO7/c1-16-13-20(27)19(15-26(9-11-30-2)10-12-31-3)24-22(16)23(28)21(33-24)14-17-5-7-18(8-6-17)25(29)32-4/h5-8,13-14,27H,9-12,15H2,1-4H3/b21-14+. The largest absolute Gasteiger partial charge is 0.507 e. The molecule has 0 spiro atoms. The number of phenols is 1. The van der Waals surface area contributed by atoms with Gasteiger partial charge in [0.2, 0.25) is 5.78 Å². The molecule has 0 unspecified atom stereocenters. The van der Waals surface area contributed by atoms with E-state index in [9.17, 15) is 14.7 Å². The van der Waals surface area contributed by atoms with Crippen molar-refractivity contribution in [3.63, 3.8) is 0 Å². The summed E-state index contributed by atoms with van der Waals surface area (Å²) < 4.78 is 21.1. The van der Waals surface area contributed by atoms with Crippen molar-refractivity contribution in [2.24, 2.45) is 0 Å². The molecule has 0 aromatic heterocycles. The third-order valence-corrected chi connectivity index (χ3v) is 5.46. The van der Waals surface area contributed by atoms with Gasteiger partial charge >= 0.3 is 5.97 Å². The number of Topliss-reactive ketones (excluding diaryl/α,β-unsaturated/α-hetero) is 1. The predicted octanol–water partition coefficient (Wildman–Crippen LogP) is 3.20. The zero-order chi connectivity index (χ0) is 24.0. The number of aryl methyl sites for hydroxylation is 1. The van der Waals surface area contributed by atoms with Crippen LogP contribution in [0.3, 0.4) is 0 Å². The second-order valence-corrected chi connectivity index (χ2v) is 7.71. The maximum atomic E-state index is 13.1. The van der Waals surface area contributed by atoms with Crippen molar-refractivity contribution in [2.75, 3.05) is 47.6 Å². The van der Waals surface area contributed by atoms with Gasteiger partial charge in [0.25, 0.3) is 0 Å². The molecule has 1 aliphatic heterocycles. The number of fused-ring (bicyclic) bond motifs is 1. The Morgan fingerprint density at radius 3 is 2.30 bits per heavy atom. The molecule has 8 heteroatoms. The van der Waals surface area contributed by atoms with Gasteiger partial charge in [-0.1, -0.05) is 12.1 Å². The first-order valence-electron chi connectivity index (χ1n) is 10.6. The summed E-state index contributed by atoms with van der Waals surface area (Å²) in [5.41, 5.74) is 2.74. The second-order valence-electron chi connectivity index (χ2n) is 7.71. The fraction of sp³-hybridized carbons (Fsp3) is 0.360. The predicted molar refractivity (Wildman–Crippen MR) is 123 cm³/mol. The van der Waals surface area contributed by atoms with E-state index in [0.717, 1.165) is 0 Å². The monoisotopic (exact) mass is 455 g/mol. The first-order chi connectivity index (χ1) is 15.9. The lowest BCUT2D eigenvalue weighted by Gasteiger charge is -2.23. The van der Waals surface area contributed by atoms with Gasteiger partial charge in [-0.25, -0.2) is 4.79 Å². The molecule has 1 N–H and O–H groups in total. The van der Waals surface area contributed by atoms with Gasteiger partial charge < -0.3 is 24.1 Å². The fourth-order valence-corrected chi connectivity index (χ4v) is 3.65. The normalized spacial score (nSPS) is 14.0. The average Bonchev–Trinajstić information content (AvgIpc) is 3.14. The highest BCUT2D eigenvalue weighted by molar-refractivity contribution is 6.15. The number of hydrogen-bond donors (Lipinski definition) is 1. The number of esters is 1. The zero-order valence-electron chi connectivity index (χ0n) is 19.3. The van der Waals surface area contributed by atoms with Gasteiger partial charge in [-0.05, 0) is 42.3 Å². The summed E-state index contributed by atoms with van der Waals surface area (Å²) in [4.78, 5) is 26.8. The van der Waals surface area contributed by atoms with Crippen molar-refractivity contribution >= 4 is 17.8 Å². The minimum absolute atomic E-state index is 0.0718. The van der Waals surface area contributed by atoms with Crippen LogP contribution >= 0.6 is 0 Å². The summed E-state index contributed by atoms with van der Waals surface area (Å²) in [6, 6.07) is 8.25. The van der Waals surface area contributed by atoms with Crippen LogP contribution in [0.4, 0.5) is 0 Å². The van der Waals surface area contributed by atoms with E-state index >= 15 is 0 Å². The van der Waals surface area contributed by atoms with E-state index in [4.69, 9.17) is 18.9 Å². The highest BCUT2D eigenvalue weighted by atomic mass is 16.5. The van der Waals surface area contributed by atoms with Crippen LogP contribution in [0.2, 0.25) is 0 Å². The summed E-state index contributed by atoms with van der Waals surface area (Å²) >= 11 is 0. The molecule has 0 aliphatic carbocycles. The topological polar surface area (TPSA) is 94.5 Å². The fourth-order valence-electron chi connectivity index (χ4n) is 3.65. The molecule has 3 rings (SSSR count). The summed E-state index contributed by atoms with van der Waals surface area (Å²) in [5, 5.41) is 10.7. The molecular weight excluding hydrogens is 426 g/mol. The highest BCUT2D eigenvalue weighted by Gasteiger charge is 2.33. The number of methoxy groups -OCH3 is 3. The summed E-state index contributed by atoms with van der Waals surface area (Å²) in [7, 11) is 4.58. The molecule has 1 aliphatic rings. The molecule has 0 bridgehead atoms. The number of aromatic hydroxyl groups is 1. The minimum atomic E-state index is -0.433. The van der Waals surface area contributed by atoms with E-state index in [-0.39, 0.29) is 17.3 Å². The zero-order valence-corrected chi connectivity index (χ0v) is 19.3. The van der Waals surface area contributed by atoms with E-state index in [1.165, 1.54) is 7.11 Å². The Bertz CT molecular complexity index is 1040. The first-order valence-corrected chi connectivity index (χ1v) is 10.6. The average molecular weight is 456 g/mol. The Kier molecular flexibility index (Phi) is 8.21. The number of allylic oxidation sites excluding steroid dienone is 1. The number of phenolic OH excluding ortho intramolecular Hbond substituents is 1. The lowest BCUT2D eigenvalue weighted by molar-refractivity contribution is 0.0600. The van der Waals surface area contributed by atoms with Crippen LogP contribution in [0.15, 0.2) is 36.1 Å². The van der Waals surface area contributed by atoms with E-state index in [1.807, 2.05) is 0 Å². The third-order valence-electron chi connectivity index (χ3n) is 5.46. The second kappa shape index (κ2) is 11.1. The van der Waals surface area contributed by atoms with Crippen LogP contribution in [0, 0.1) is 6.92 Å². The Balaban J connectivity index is 1.91. The SMILES string of the molecule is COCCN(CCOC)Cc1c(O)cc(C)c2c1O/C(=C/c1ccc(C(=O)OC)cc1)C2=O. The molecule has 2 aromatic rings. The quantitative estimate of drug-likeness (QED) is 0.431. The van der Waals surface area contributed by atoms with Crippen molar-refractivity contribution in [1.82, 2.24) is 4.90 Å². The van der Waals surface area contributed by atoms with E-state index in [0.29, 0.717) is 66.4 Å². The lowest BCUT2D eigenvalue weighted by Crippen LogP contribution is -2.30. The Labute approximate surface area is 193 Å². The van der Waals surface area contributed by atoms with Gasteiger partial charge in [-0.15, -0.1) is 0 Å². The minimum Gasteiger partial charge on any atom is -0.507 e. The molecule has 0 fully saturated rings. The first kappa shape index (κ1) is 24.4. The molecule has 1 heterocycles. The van der Waals surface area contributed by atoms with E-state index in [1.54, 1.807) is 57.6 Å². The molecule has 8 nitrogen and oxygen atoms in total. The smallest absolute Gasteiger partial charge is 0.337 e. The van der Waals surface area contributed by atoms with Crippen molar-refractivity contribution in [3.8, 4) is 11.5 Å². The Morgan fingerprint density at radius 1 is 1.09 bits per heavy atom. The summed E-state index contributed by atoms with van der Waals surface area (Å²) in [6.45, 7) is 4.44. The number of carbonyl (C=O) groups excluding carboxylic acids is 2. The maximum absolute atomic E-state index is 13.1. The number of ketones is 1. The van der Waals surface area contributed by atoms with Gasteiger partial charge in [0, 0.05) is 33.9 Å². The van der Waals surface area contributed by atoms with Gasteiger partial charge in [0.15, 0.2) is 5.76 Å². The van der Waals surface area contributed by atoms with Crippen molar-refractivity contribution < 1.29 is 33.6 Å². The highest BCUT2D eigenvalue weighted by Crippen LogP contribution is 2.42. The molecule has 33 heavy (non-hydrogen) atoms. The number of carbonyl (C=O) groups is 2. The van der Waals surface area contributed by atoms with Crippen LogP contribution in [0.5, 0.6) is 11.5 Å². The molecule has 0 saturated heterocycles. The lowest BCUT2D eigenvalue weighted by atomic mass is 9.99. The maximum Gasteiger partial charge on any atom is 0.337 e. The third kappa shape index (κ3) is 5.60. The van der Waals surface area contributed by atoms with Gasteiger partial charge in [0.1, 0.15) is 11.5 Å². The van der Waals surface area contributed by atoms with Crippen LogP contribution in [0.1, 0.15) is 37.4 Å². The van der Waals surface area contributed by atoms with Gasteiger partial charge in [0.05, 0.1) is 37.0 Å². The molecular formula is C25H29NO7. The van der Waals surface area contributed by atoms with Crippen LogP contribution < -0.4 is 4.74 Å². The van der Waals surface area contributed by atoms with Crippen molar-refractivity contribution in [2.45, 2.75) is 13.5 Å². The molecule has 0 radical (unpaired) electrons. The molecule has 0 atom stereocenters. The summed E-state index contributed by atoms with van der Waals surface area (Å²) in [6.07, 6.45) is 1.62. The van der Waals surface area contributed by atoms with Crippen molar-refractivity contribution in [1.29, 1.82) is 0 Å². The van der Waals surface area contributed by atoms with Crippen LogP contribution in [-0.2, 0) is 20.8 Å². The van der Waals surface area contributed by atoms with E-state index in [2.05, 4.69) is 4.90 Å². The number of nitrogens with zero attached hydrogens (tertiary/aromatic N) is 1. The number of ether oxygens (including phenoxy) is 4. The molecule has 2 aromatic carbocycles. The van der Waals surface area contributed by atoms with Crippen molar-refractivity contribution in [3.05, 3.63) is 63.9 Å². The Morgan fingerprint density at radius 2 is 1.73 bits per heavy atom.